The van der Waals surface area contributed by atoms with Crippen molar-refractivity contribution in [2.75, 3.05) is 33.7 Å². The summed E-state index contributed by atoms with van der Waals surface area (Å²) in [5, 5.41) is 4.47. The van der Waals surface area contributed by atoms with Gasteiger partial charge in [-0.15, -0.1) is 0 Å². The topological polar surface area (TPSA) is 41.4 Å². The van der Waals surface area contributed by atoms with Crippen LogP contribution in [0.15, 0.2) is 4.47 Å². The summed E-state index contributed by atoms with van der Waals surface area (Å²) in [4.78, 5) is 17.2. The number of halogens is 1. The summed E-state index contributed by atoms with van der Waals surface area (Å²) in [6.07, 6.45) is 1.56. The molecule has 118 valence electrons. The zero-order chi connectivity index (χ0) is 15.6. The Kier molecular flexibility index (Phi) is 5.57. The van der Waals surface area contributed by atoms with Crippen molar-refractivity contribution in [2.45, 2.75) is 39.3 Å². The van der Waals surface area contributed by atoms with E-state index in [-0.39, 0.29) is 11.8 Å². The smallest absolute Gasteiger partial charge is 0.157 e. The number of aryl methyl sites for hydroxylation is 2. The molecule has 0 radical (unpaired) electrons. The molecule has 0 N–H and O–H groups in total. The van der Waals surface area contributed by atoms with Crippen LogP contribution in [0.3, 0.4) is 0 Å². The third-order valence-corrected chi connectivity index (χ3v) is 5.27. The van der Waals surface area contributed by atoms with Gasteiger partial charge in [-0.05, 0) is 63.4 Å². The van der Waals surface area contributed by atoms with Crippen LogP contribution in [0.5, 0.6) is 0 Å². The molecule has 1 fully saturated rings. The van der Waals surface area contributed by atoms with Gasteiger partial charge in [-0.25, -0.2) is 0 Å². The molecule has 0 aromatic carbocycles. The highest BCUT2D eigenvalue weighted by Gasteiger charge is 2.28. The molecule has 0 saturated carbocycles. The second-order valence-electron chi connectivity index (χ2n) is 5.92. The lowest BCUT2D eigenvalue weighted by Crippen LogP contribution is -2.44. The number of aromatic nitrogens is 2. The zero-order valence-corrected chi connectivity index (χ0v) is 15.0. The van der Waals surface area contributed by atoms with Crippen LogP contribution in [0.4, 0.5) is 0 Å². The van der Waals surface area contributed by atoms with Crippen molar-refractivity contribution < 1.29 is 4.79 Å². The summed E-state index contributed by atoms with van der Waals surface area (Å²) in [6.45, 7) is 7.66. The molecule has 1 saturated heterocycles. The van der Waals surface area contributed by atoms with E-state index in [0.29, 0.717) is 6.42 Å². The standard InChI is InChI=1S/C15H25BrN4O/c1-5-20-12(15(16)11(2)17-20)9-14(21)13-10-18(3)7-6-8-19(13)4/h13H,5-10H2,1-4H3. The van der Waals surface area contributed by atoms with Crippen molar-refractivity contribution in [2.24, 2.45) is 0 Å². The van der Waals surface area contributed by atoms with Gasteiger partial charge in [0.25, 0.3) is 0 Å². The van der Waals surface area contributed by atoms with Crippen molar-refractivity contribution in [1.82, 2.24) is 19.6 Å². The number of rotatable bonds is 4. The van der Waals surface area contributed by atoms with E-state index in [1.807, 2.05) is 11.6 Å². The van der Waals surface area contributed by atoms with Gasteiger partial charge in [-0.1, -0.05) is 0 Å². The minimum absolute atomic E-state index is 0.0232. The molecule has 1 aliphatic heterocycles. The zero-order valence-electron chi connectivity index (χ0n) is 13.4. The normalized spacial score (nSPS) is 21.5. The average molecular weight is 357 g/mol. The van der Waals surface area contributed by atoms with Crippen LogP contribution in [-0.2, 0) is 17.8 Å². The first kappa shape index (κ1) is 16.6. The molecule has 0 spiro atoms. The van der Waals surface area contributed by atoms with Crippen LogP contribution >= 0.6 is 15.9 Å². The Bertz CT molecular complexity index is 514. The summed E-state index contributed by atoms with van der Waals surface area (Å²) in [5.41, 5.74) is 1.95. The molecule has 0 aliphatic carbocycles. The van der Waals surface area contributed by atoms with Crippen LogP contribution in [0.2, 0.25) is 0 Å². The lowest BCUT2D eigenvalue weighted by Gasteiger charge is -2.26. The SMILES string of the molecule is CCn1nc(C)c(Br)c1CC(=O)C1CN(C)CCCN1C. The molecule has 0 amide bonds. The van der Waals surface area contributed by atoms with Crippen LogP contribution in [0.25, 0.3) is 0 Å². The van der Waals surface area contributed by atoms with Gasteiger partial charge >= 0.3 is 0 Å². The first-order valence-electron chi connectivity index (χ1n) is 7.57. The van der Waals surface area contributed by atoms with Crippen LogP contribution in [0.1, 0.15) is 24.7 Å². The quantitative estimate of drug-likeness (QED) is 0.823. The van der Waals surface area contributed by atoms with Gasteiger partial charge in [0.05, 0.1) is 28.3 Å². The predicted octanol–water partition coefficient (Wildman–Crippen LogP) is 1.72. The second-order valence-corrected chi connectivity index (χ2v) is 6.71. The van der Waals surface area contributed by atoms with Gasteiger partial charge in [0.2, 0.25) is 0 Å². The third kappa shape index (κ3) is 3.73. The number of carbonyl (C=O) groups excluding carboxylic acids is 1. The van der Waals surface area contributed by atoms with Crippen LogP contribution < -0.4 is 0 Å². The summed E-state index contributed by atoms with van der Waals surface area (Å²) in [7, 11) is 4.15. The third-order valence-electron chi connectivity index (χ3n) is 4.23. The van der Waals surface area contributed by atoms with Crippen molar-refractivity contribution in [3.8, 4) is 0 Å². The number of ketones is 1. The summed E-state index contributed by atoms with van der Waals surface area (Å²) < 4.78 is 2.90. The maximum atomic E-state index is 12.8. The number of Topliss-reactive ketones (excluding diaryl/α,β-unsaturated/α-hetero) is 1. The predicted molar refractivity (Wildman–Crippen MR) is 87.6 cm³/mol. The Labute approximate surface area is 135 Å². The van der Waals surface area contributed by atoms with E-state index in [2.05, 4.69) is 51.8 Å². The van der Waals surface area contributed by atoms with Gasteiger partial charge < -0.3 is 4.90 Å². The highest BCUT2D eigenvalue weighted by atomic mass is 79.9. The lowest BCUT2D eigenvalue weighted by atomic mass is 10.1. The fourth-order valence-electron chi connectivity index (χ4n) is 2.94. The van der Waals surface area contributed by atoms with Gasteiger partial charge in [0, 0.05) is 13.1 Å². The van der Waals surface area contributed by atoms with E-state index >= 15 is 0 Å². The summed E-state index contributed by atoms with van der Waals surface area (Å²) in [5.74, 6) is 0.279. The molecule has 2 heterocycles. The molecule has 2 rings (SSSR count). The van der Waals surface area contributed by atoms with Crippen molar-refractivity contribution >= 4 is 21.7 Å². The van der Waals surface area contributed by atoms with Gasteiger partial charge in [-0.3, -0.25) is 14.4 Å². The van der Waals surface area contributed by atoms with Gasteiger partial charge in [0.15, 0.2) is 5.78 Å². The van der Waals surface area contributed by atoms with E-state index in [1.165, 1.54) is 0 Å². The van der Waals surface area contributed by atoms with E-state index in [0.717, 1.165) is 48.5 Å². The minimum atomic E-state index is -0.0232. The molecule has 1 aromatic rings. The summed E-state index contributed by atoms with van der Waals surface area (Å²) in [6, 6.07) is -0.0232. The molecule has 0 bridgehead atoms. The molecule has 1 aromatic heterocycles. The highest BCUT2D eigenvalue weighted by Crippen LogP contribution is 2.22. The fourth-order valence-corrected chi connectivity index (χ4v) is 3.36. The first-order chi connectivity index (χ1) is 9.93. The first-order valence-corrected chi connectivity index (χ1v) is 8.36. The number of carbonyl (C=O) groups is 1. The maximum absolute atomic E-state index is 12.8. The molecule has 5 nitrogen and oxygen atoms in total. The van der Waals surface area contributed by atoms with Gasteiger partial charge in [-0.2, -0.15) is 5.10 Å². The number of nitrogens with zero attached hydrogens (tertiary/aromatic N) is 4. The molecular weight excluding hydrogens is 332 g/mol. The average Bonchev–Trinajstić information content (AvgIpc) is 2.60. The summed E-state index contributed by atoms with van der Waals surface area (Å²) >= 11 is 3.58. The van der Waals surface area contributed by atoms with E-state index in [9.17, 15) is 4.79 Å². The highest BCUT2D eigenvalue weighted by molar-refractivity contribution is 9.10. The second kappa shape index (κ2) is 7.03. The maximum Gasteiger partial charge on any atom is 0.157 e. The molecule has 1 atom stereocenters. The number of likely N-dealkylation sites (N-methyl/N-ethyl adjacent to an activating group) is 2. The molecule has 1 unspecified atom stereocenters. The Balaban J connectivity index is 2.17. The van der Waals surface area contributed by atoms with Crippen LogP contribution in [-0.4, -0.2) is 65.1 Å². The molecular formula is C15H25BrN4O. The molecule has 1 aliphatic rings. The fraction of sp³-hybridized carbons (Fsp3) is 0.733. The minimum Gasteiger partial charge on any atom is -0.304 e. The Hall–Kier alpha value is -0.720. The Morgan fingerprint density at radius 3 is 2.76 bits per heavy atom. The van der Waals surface area contributed by atoms with Crippen LogP contribution in [0, 0.1) is 6.92 Å². The van der Waals surface area contributed by atoms with Gasteiger partial charge in [0.1, 0.15) is 0 Å². The van der Waals surface area contributed by atoms with Crippen molar-refractivity contribution in [1.29, 1.82) is 0 Å². The van der Waals surface area contributed by atoms with Crippen molar-refractivity contribution in [3.05, 3.63) is 15.9 Å². The van der Waals surface area contributed by atoms with E-state index in [4.69, 9.17) is 0 Å². The molecule has 21 heavy (non-hydrogen) atoms. The Morgan fingerprint density at radius 1 is 1.38 bits per heavy atom. The largest absolute Gasteiger partial charge is 0.304 e. The lowest BCUT2D eigenvalue weighted by molar-refractivity contribution is -0.123. The molecule has 6 heteroatoms. The van der Waals surface area contributed by atoms with E-state index < -0.39 is 0 Å². The van der Waals surface area contributed by atoms with Crippen molar-refractivity contribution in [3.63, 3.8) is 0 Å². The van der Waals surface area contributed by atoms with E-state index in [1.54, 1.807) is 0 Å². The number of hydrogen-bond donors (Lipinski definition) is 0. The number of hydrogen-bond acceptors (Lipinski definition) is 4. The monoisotopic (exact) mass is 356 g/mol. The Morgan fingerprint density at radius 2 is 2.10 bits per heavy atom.